The fraction of sp³-hybridized carbons (Fsp3) is 0.632. The number of amides is 17. The van der Waals surface area contributed by atoms with Crippen LogP contribution in [0.5, 0.6) is 0 Å². The molecule has 2 fully saturated rings. The molecule has 2 aromatic carbocycles. The number of guanidine groups is 1. The van der Waals surface area contributed by atoms with Gasteiger partial charge in [0.15, 0.2) is 5.96 Å². The minimum absolute atomic E-state index is 0.0194. The molecule has 2 aliphatic heterocycles. The molecule has 0 saturated carbocycles. The third kappa shape index (κ3) is 49.5. The van der Waals surface area contributed by atoms with Gasteiger partial charge in [0.2, 0.25) is 100 Å². The molecule has 12 atom stereocenters. The maximum Gasteiger partial charge on any atom is 0.317 e. The van der Waals surface area contributed by atoms with E-state index >= 15 is 24.0 Å². The van der Waals surface area contributed by atoms with Gasteiger partial charge in [-0.2, -0.15) is 0 Å². The highest BCUT2D eigenvalue weighted by Gasteiger charge is 2.44. The fourth-order valence-corrected chi connectivity index (χ4v) is 16.1. The molecule has 3 heterocycles. The molecular weight excluding hydrogens is 1900 g/mol. The molecule has 2 aliphatic rings. The van der Waals surface area contributed by atoms with Crippen molar-refractivity contribution in [1.82, 2.24) is 94.5 Å². The number of nitrogens with two attached hydrogens (primary N) is 3. The van der Waals surface area contributed by atoms with E-state index in [1.807, 2.05) is 0 Å². The maximum atomic E-state index is 15.5. The van der Waals surface area contributed by atoms with Gasteiger partial charge in [-0.25, -0.2) is 0 Å². The zero-order valence-corrected chi connectivity index (χ0v) is 82.2. The number of aliphatic carboxylic acids is 3. The Morgan fingerprint density at radius 3 is 1.68 bits per heavy atom. The number of primary amides is 2. The number of nitrogens with one attached hydrogen (secondary N) is 17. The second-order valence-electron chi connectivity index (χ2n) is 35.8. The minimum atomic E-state index is -2.05. The monoisotopic (exact) mass is 2050 g/mol. The molecule has 0 spiro atoms. The van der Waals surface area contributed by atoms with Crippen LogP contribution in [0.1, 0.15) is 211 Å². The van der Waals surface area contributed by atoms with Gasteiger partial charge in [-0.15, -0.1) is 0 Å². The van der Waals surface area contributed by atoms with Crippen molar-refractivity contribution in [2.75, 3.05) is 98.5 Å². The number of carbonyl (C=O) groups is 20. The fourth-order valence-electron chi connectivity index (χ4n) is 16.1. The number of aliphatic hydroxyl groups is 3. The Labute approximate surface area is 840 Å². The van der Waals surface area contributed by atoms with Crippen LogP contribution in [-0.2, 0) is 118 Å². The second-order valence-corrected chi connectivity index (χ2v) is 35.8. The first-order valence-corrected chi connectivity index (χ1v) is 49.5. The van der Waals surface area contributed by atoms with Gasteiger partial charge >= 0.3 is 17.9 Å². The third-order valence-electron chi connectivity index (χ3n) is 23.9. The molecule has 2 saturated heterocycles. The molecule has 1 aromatic heterocycles. The third-order valence-corrected chi connectivity index (χ3v) is 23.9. The quantitative estimate of drug-likeness (QED) is 0.0144. The molecule has 145 heavy (non-hydrogen) atoms. The Hall–Kier alpha value is -13.6. The van der Waals surface area contributed by atoms with E-state index in [1.54, 1.807) is 67.7 Å². The van der Waals surface area contributed by atoms with Crippen LogP contribution in [0.2, 0.25) is 0 Å². The summed E-state index contributed by atoms with van der Waals surface area (Å²) in [5.74, 6) is -20.3. The lowest BCUT2D eigenvalue weighted by Gasteiger charge is -2.31. The molecule has 50 heteroatoms. The minimum Gasteiger partial charge on any atom is -0.481 e. The van der Waals surface area contributed by atoms with Crippen LogP contribution in [0.15, 0.2) is 60.8 Å². The van der Waals surface area contributed by atoms with Crippen molar-refractivity contribution in [3.05, 3.63) is 71.9 Å². The summed E-state index contributed by atoms with van der Waals surface area (Å²) in [6, 6.07) is -3.09. The number of carboxylic acid groups (broad SMARTS) is 3. The van der Waals surface area contributed by atoms with E-state index in [0.29, 0.717) is 41.3 Å². The molecule has 0 unspecified atom stereocenters. The van der Waals surface area contributed by atoms with Crippen LogP contribution in [-0.4, -0.2) is 341 Å². The zero-order chi connectivity index (χ0) is 107. The number of nitrogens with zero attached hydrogens (tertiary/aromatic N) is 2. The van der Waals surface area contributed by atoms with Crippen molar-refractivity contribution in [1.29, 1.82) is 5.41 Å². The average molecular weight is 2050 g/mol. The van der Waals surface area contributed by atoms with Crippen LogP contribution >= 0.6 is 0 Å². The Kier molecular flexibility index (Phi) is 57.7. The molecule has 0 bridgehead atoms. The first kappa shape index (κ1) is 122. The highest BCUT2D eigenvalue weighted by atomic mass is 16.5. The molecule has 0 radical (unpaired) electrons. The van der Waals surface area contributed by atoms with E-state index in [4.69, 9.17) is 37.2 Å². The Balaban J connectivity index is 1.33. The lowest BCUT2D eigenvalue weighted by molar-refractivity contribution is -0.143. The molecular formula is C95H148N22O28. The van der Waals surface area contributed by atoms with Gasteiger partial charge in [0.1, 0.15) is 73.1 Å². The van der Waals surface area contributed by atoms with Crippen LogP contribution < -0.4 is 97.0 Å². The first-order chi connectivity index (χ1) is 69.4. The van der Waals surface area contributed by atoms with Gasteiger partial charge in [-0.1, -0.05) is 133 Å². The summed E-state index contributed by atoms with van der Waals surface area (Å²) in [4.78, 5) is 277. The number of rotatable bonds is 64. The number of carboxylic acids is 3. The van der Waals surface area contributed by atoms with E-state index < -0.39 is 282 Å². The Morgan fingerprint density at radius 1 is 0.510 bits per heavy atom. The van der Waals surface area contributed by atoms with Gasteiger partial charge in [-0.3, -0.25) is 106 Å². The molecule has 0 aliphatic carbocycles. The van der Waals surface area contributed by atoms with Crippen LogP contribution in [0.3, 0.4) is 0 Å². The topological polar surface area (TPSA) is 786 Å². The number of benzene rings is 2. The lowest BCUT2D eigenvalue weighted by Crippen LogP contribution is -2.61. The summed E-state index contributed by atoms with van der Waals surface area (Å²) in [5, 5.41) is 106. The van der Waals surface area contributed by atoms with E-state index in [0.717, 1.165) is 80.4 Å². The first-order valence-electron chi connectivity index (χ1n) is 49.5. The summed E-state index contributed by atoms with van der Waals surface area (Å²) in [6.45, 7) is -4.73. The summed E-state index contributed by atoms with van der Waals surface area (Å²) in [5.41, 5.74) is 18.7. The van der Waals surface area contributed by atoms with Crippen molar-refractivity contribution < 1.29 is 136 Å². The van der Waals surface area contributed by atoms with Crippen LogP contribution in [0, 0.1) is 5.41 Å². The lowest BCUT2D eigenvalue weighted by atomic mass is 10.0. The maximum absolute atomic E-state index is 15.5. The van der Waals surface area contributed by atoms with Gasteiger partial charge in [0, 0.05) is 94.8 Å². The predicted molar refractivity (Wildman–Crippen MR) is 523 cm³/mol. The largest absolute Gasteiger partial charge is 0.481 e. The number of unbranched alkanes of at least 4 members (excludes halogenated alkanes) is 13. The molecule has 50 nitrogen and oxygen atoms in total. The summed E-state index contributed by atoms with van der Waals surface area (Å²) in [6.07, 6.45) is 9.66. The Bertz CT molecular complexity index is 4710. The predicted octanol–water partition coefficient (Wildman–Crippen LogP) is -4.40. The zero-order valence-electron chi connectivity index (χ0n) is 82.2. The number of ether oxygens (including phenoxy) is 2. The van der Waals surface area contributed by atoms with E-state index in [1.165, 1.54) is 0 Å². The number of hydrogen-bond acceptors (Lipinski definition) is 27. The van der Waals surface area contributed by atoms with Crippen molar-refractivity contribution >= 4 is 135 Å². The van der Waals surface area contributed by atoms with Gasteiger partial charge in [0.05, 0.1) is 65.3 Å². The summed E-state index contributed by atoms with van der Waals surface area (Å²) >= 11 is 0. The van der Waals surface area contributed by atoms with E-state index in [9.17, 15) is 97.5 Å². The number of aromatic amines is 1. The van der Waals surface area contributed by atoms with Gasteiger partial charge in [-0.05, 0) is 101 Å². The van der Waals surface area contributed by atoms with Crippen molar-refractivity contribution in [3.63, 3.8) is 0 Å². The van der Waals surface area contributed by atoms with Crippen molar-refractivity contribution in [2.24, 2.45) is 17.2 Å². The summed E-state index contributed by atoms with van der Waals surface area (Å²) < 4.78 is 10.8. The second kappa shape index (κ2) is 68.6. The molecule has 3 aromatic rings. The number of hydrogen-bond donors (Lipinski definition) is 26. The van der Waals surface area contributed by atoms with Crippen LogP contribution in [0.25, 0.3) is 10.9 Å². The number of H-pyrrole nitrogens is 1. The number of carbonyl (C=O) groups excluding carboxylic acids is 17. The smallest absolute Gasteiger partial charge is 0.317 e. The van der Waals surface area contributed by atoms with E-state index in [-0.39, 0.29) is 129 Å². The number of aliphatic hydroxyl groups excluding tert-OH is 3. The number of para-hydroxylation sites is 1. The molecule has 17 amide bonds. The molecule has 29 N–H and O–H groups in total. The number of fused-ring (bicyclic) bond motifs is 2. The average Bonchev–Trinajstić information content (AvgIpc) is 1.64. The number of aromatic nitrogens is 1. The SMILES string of the molecule is CCCC[C@H](NC(=O)[C@H](CCCCNC(=O)CN(CC(=O)O)CC(=O)O)NC(=O)[C@H](CO)NC(=O)[C@H](CCC(N)=O)NC(=O)[C@H](CO)NC(=O)CNC(=O)COCCOCCNC(=O)CCCCCCCCCCCCCCC(=O)O)C(=O)N[C@H]1CCC(=O)NCCCC[C@@H](C(N)=O)NC(=O)[C@H](Cc2c[nH]c3ccccc23)NC(=O)[C@H](CCCNC(=N)N)NC(=O)[C@@H](Cc2ccccc2)NC(=O)[C@@H]2C[C@@H](O)CN2C1=O. The van der Waals surface area contributed by atoms with Gasteiger partial charge < -0.3 is 147 Å². The normalized spacial score (nSPS) is 18.2. The van der Waals surface area contributed by atoms with E-state index in [2.05, 4.69) is 84.7 Å². The Morgan fingerprint density at radius 2 is 1.06 bits per heavy atom. The highest BCUT2D eigenvalue weighted by Crippen LogP contribution is 2.24. The standard InChI is InChI=1S/C95H148N22O28/c1-2-3-29-65(86(135)112-69-37-39-77(123)100-40-23-21-31-64(84(97)133)107-90(139)71(48-60-50-104-63-30-20-19-28-62(60)63)113-87(136)67(33-25-42-103-95(98)99)109-89(138)70(47-59-26-15-14-16-27-59)114-93(142)74-49-61(120)52-117(74)94(69)143)108-85(134)66(32-22-24-41-101-79(125)53-116(54-82(129)130)55-83(131)132)110-92(141)73(57-119)115-88(137)68(36-38-75(96)121)111-91(140)72(56-118)106-78(124)51-105-80(126)58-145-46-45-144-44-43-102-76(122)34-17-12-10-8-6-4-5-7-9-11-13-18-35-81(127)128/h14-16,19-20,26-28,30,50,61,64-74,104,118-120H,2-13,17-18,21-25,29,31-49,51-58H2,1H3,(H2,96,121)(H2,97,133)(H,100,123)(H,101,125)(H,102,122)(H,105,126)(H,106,124)(H,107,139)(H,108,134)(H,109,138)(H,110,141)(H,111,140)(H,112,135)(H,113,136)(H,114,142)(H,115,137)(H,127,128)(H,129,130)(H,131,132)(H4,98,99,103)/t61-,64+,65+,66+,67+,68+,69+,70-,71+,72+,73+,74+/m1/s1. The van der Waals surface area contributed by atoms with Crippen LogP contribution in [0.4, 0.5) is 0 Å². The van der Waals surface area contributed by atoms with Gasteiger partial charge in [0.25, 0.3) is 0 Å². The highest BCUT2D eigenvalue weighted by molar-refractivity contribution is 6.01. The molecule has 806 valence electrons. The van der Waals surface area contributed by atoms with Crippen molar-refractivity contribution in [2.45, 2.75) is 285 Å². The molecule has 5 rings (SSSR count). The summed E-state index contributed by atoms with van der Waals surface area (Å²) in [7, 11) is 0. The van der Waals surface area contributed by atoms with Crippen molar-refractivity contribution in [3.8, 4) is 0 Å².